The van der Waals surface area contributed by atoms with E-state index in [9.17, 15) is 27.4 Å². The molecule has 0 saturated heterocycles. The number of nitrogens with zero attached hydrogens (tertiary/aromatic N) is 4. The minimum atomic E-state index is -3.10. The average molecular weight is 613 g/mol. The van der Waals surface area contributed by atoms with Crippen LogP contribution in [0, 0.1) is 11.6 Å². The van der Waals surface area contributed by atoms with Gasteiger partial charge in [-0.3, -0.25) is 14.5 Å². The van der Waals surface area contributed by atoms with Crippen molar-refractivity contribution in [3.63, 3.8) is 0 Å². The summed E-state index contributed by atoms with van der Waals surface area (Å²) in [7, 11) is -3.10. The lowest BCUT2D eigenvalue weighted by molar-refractivity contribution is -0.136. The Morgan fingerprint density at radius 2 is 1.84 bits per heavy atom. The largest absolute Gasteiger partial charge is 0.493 e. The Balaban J connectivity index is 1.36. The molecule has 0 radical (unpaired) electrons. The van der Waals surface area contributed by atoms with Crippen LogP contribution in [-0.4, -0.2) is 69.5 Å². The summed E-state index contributed by atoms with van der Waals surface area (Å²) in [4.78, 5) is 45.1. The first-order valence-corrected chi connectivity index (χ1v) is 15.2. The lowest BCUT2D eigenvalue weighted by atomic mass is 10.0. The van der Waals surface area contributed by atoms with Crippen molar-refractivity contribution in [3.8, 4) is 22.8 Å². The highest BCUT2D eigenvalue weighted by Gasteiger charge is 2.23. The molecule has 2 aromatic heterocycles. The van der Waals surface area contributed by atoms with Gasteiger partial charge >= 0.3 is 6.03 Å². The third kappa shape index (κ3) is 7.48. The zero-order valence-electron chi connectivity index (χ0n) is 22.8. The maximum atomic E-state index is 14.8. The van der Waals surface area contributed by atoms with Gasteiger partial charge in [-0.1, -0.05) is 0 Å². The Labute approximate surface area is 245 Å². The molecule has 0 saturated carbocycles. The third-order valence-electron chi connectivity index (χ3n) is 6.23. The van der Waals surface area contributed by atoms with Crippen LogP contribution in [0.3, 0.4) is 0 Å². The number of imide groups is 1. The van der Waals surface area contributed by atoms with Gasteiger partial charge in [0, 0.05) is 61.2 Å². The molecule has 2 aliphatic rings. The van der Waals surface area contributed by atoms with Gasteiger partial charge in [-0.15, -0.1) is 4.36 Å². The molecule has 0 aliphatic carbocycles. The van der Waals surface area contributed by atoms with Crippen molar-refractivity contribution < 1.29 is 36.8 Å². The molecule has 15 heteroatoms. The Bertz CT molecular complexity index is 1740. The molecule has 0 spiro atoms. The maximum absolute atomic E-state index is 14.8. The summed E-state index contributed by atoms with van der Waals surface area (Å²) >= 11 is 0. The fraction of sp³-hybridized carbons (Fsp3) is 0.250. The smallest absolute Gasteiger partial charge is 0.349 e. The van der Waals surface area contributed by atoms with Crippen LogP contribution in [0.15, 0.2) is 59.1 Å². The number of ether oxygens (including phenoxy) is 2. The highest BCUT2D eigenvalue weighted by atomic mass is 32.2. The first-order valence-electron chi connectivity index (χ1n) is 13.1. The molecular formula is C28H26F2N6O6S. The van der Waals surface area contributed by atoms with Crippen molar-refractivity contribution >= 4 is 39.2 Å². The van der Waals surface area contributed by atoms with Gasteiger partial charge in [-0.25, -0.2) is 22.8 Å². The van der Waals surface area contributed by atoms with E-state index < -0.39 is 39.2 Å². The number of carbonyl (C=O) groups excluding carboxylic acids is 3. The quantitative estimate of drug-likeness (QED) is 0.412. The summed E-state index contributed by atoms with van der Waals surface area (Å²) in [6, 6.07) is 7.51. The standard InChI is InChI=1S/C28H26F2N6O6S/c1-43(40,35-28(39)31-7-8-36-26(37)5-6-27(36)38)16-17-11-24-33-23-14-20(21(30)15-32-23)19-4-3-18(29)13-22(19)41-9-2-10-42-25(12-17)34-24/h3-6,11-15H,2,7-10,16H2,1H3,(H,31,39)(H,32,33,34). The Morgan fingerprint density at radius 1 is 1.07 bits per heavy atom. The number of carbonyl (C=O) groups is 3. The predicted molar refractivity (Wildman–Crippen MR) is 152 cm³/mol. The van der Waals surface area contributed by atoms with Crippen LogP contribution in [0.25, 0.3) is 11.1 Å². The minimum absolute atomic E-state index is 0.0520. The van der Waals surface area contributed by atoms with E-state index >= 15 is 0 Å². The van der Waals surface area contributed by atoms with Crippen LogP contribution in [0.2, 0.25) is 0 Å². The number of rotatable bonds is 5. The van der Waals surface area contributed by atoms with Gasteiger partial charge in [0.25, 0.3) is 11.8 Å². The van der Waals surface area contributed by atoms with Crippen LogP contribution >= 0.6 is 0 Å². The minimum Gasteiger partial charge on any atom is -0.493 e. The normalized spacial score (nSPS) is 15.7. The fourth-order valence-electron chi connectivity index (χ4n) is 4.36. The van der Waals surface area contributed by atoms with Gasteiger partial charge in [-0.05, 0) is 29.8 Å². The lowest BCUT2D eigenvalue weighted by Crippen LogP contribution is -2.37. The second-order valence-electron chi connectivity index (χ2n) is 9.65. The zero-order valence-corrected chi connectivity index (χ0v) is 23.7. The molecule has 4 amide bonds. The summed E-state index contributed by atoms with van der Waals surface area (Å²) in [5.41, 5.74) is 0.946. The molecule has 2 N–H and O–H groups in total. The van der Waals surface area contributed by atoms with Crippen LogP contribution in [-0.2, 0) is 25.1 Å². The van der Waals surface area contributed by atoms with E-state index in [-0.39, 0.29) is 60.9 Å². The van der Waals surface area contributed by atoms with Gasteiger partial charge in [0.2, 0.25) is 5.88 Å². The topological polar surface area (TPSA) is 152 Å². The van der Waals surface area contributed by atoms with Gasteiger partial charge < -0.3 is 20.1 Å². The zero-order chi connectivity index (χ0) is 30.6. The number of nitrogens with one attached hydrogen (secondary N) is 2. The number of hydrogen-bond acceptors (Lipinski definition) is 9. The molecule has 1 unspecified atom stereocenters. The molecule has 5 rings (SSSR count). The number of hydrogen-bond donors (Lipinski definition) is 2. The third-order valence-corrected chi connectivity index (χ3v) is 7.65. The second-order valence-corrected chi connectivity index (χ2v) is 12.0. The molecule has 0 fully saturated rings. The van der Waals surface area contributed by atoms with Crippen molar-refractivity contribution in [1.29, 1.82) is 0 Å². The molecule has 4 heterocycles. The van der Waals surface area contributed by atoms with E-state index in [2.05, 4.69) is 25.0 Å². The SMILES string of the molecule is CS(=O)(Cc1cc2nc(c1)OCCCOc1cc(F)ccc1-c1cc(ncc1F)N2)=NC(=O)NCCN1C(=O)C=CC1=O. The Hall–Kier alpha value is -4.92. The van der Waals surface area contributed by atoms with Crippen LogP contribution < -0.4 is 20.1 Å². The van der Waals surface area contributed by atoms with E-state index in [0.717, 1.165) is 23.2 Å². The van der Waals surface area contributed by atoms with E-state index in [1.54, 1.807) is 12.1 Å². The van der Waals surface area contributed by atoms with Crippen molar-refractivity contribution in [2.24, 2.45) is 4.36 Å². The molecule has 1 aromatic carbocycles. The summed E-state index contributed by atoms with van der Waals surface area (Å²) < 4.78 is 57.3. The van der Waals surface area contributed by atoms with Crippen LogP contribution in [0.4, 0.5) is 25.2 Å². The molecule has 12 nitrogen and oxygen atoms in total. The van der Waals surface area contributed by atoms with Crippen molar-refractivity contribution in [3.05, 3.63) is 71.9 Å². The first kappa shape index (κ1) is 29.6. The number of aromatic nitrogens is 2. The number of amides is 4. The van der Waals surface area contributed by atoms with E-state index in [0.29, 0.717) is 17.5 Å². The number of anilines is 2. The number of halogens is 2. The predicted octanol–water partition coefficient (Wildman–Crippen LogP) is 3.56. The maximum Gasteiger partial charge on any atom is 0.349 e. The highest BCUT2D eigenvalue weighted by Crippen LogP contribution is 2.34. The fourth-order valence-corrected chi connectivity index (χ4v) is 5.62. The monoisotopic (exact) mass is 612 g/mol. The number of urea groups is 1. The van der Waals surface area contributed by atoms with E-state index in [1.165, 1.54) is 30.5 Å². The molecule has 1 atom stereocenters. The second kappa shape index (κ2) is 12.5. The summed E-state index contributed by atoms with van der Waals surface area (Å²) in [5, 5.41) is 5.42. The van der Waals surface area contributed by atoms with Gasteiger partial charge in [0.15, 0.2) is 0 Å². The van der Waals surface area contributed by atoms with E-state index in [4.69, 9.17) is 9.47 Å². The van der Waals surface area contributed by atoms with Crippen LogP contribution in [0.5, 0.6) is 11.6 Å². The van der Waals surface area contributed by atoms with Crippen molar-refractivity contribution in [2.45, 2.75) is 12.2 Å². The van der Waals surface area contributed by atoms with Gasteiger partial charge in [0.05, 0.1) is 34.9 Å². The molecular weight excluding hydrogens is 586 g/mol. The van der Waals surface area contributed by atoms with Crippen LogP contribution in [0.1, 0.15) is 12.0 Å². The lowest BCUT2D eigenvalue weighted by Gasteiger charge is -2.16. The Kier molecular flexibility index (Phi) is 8.61. The van der Waals surface area contributed by atoms with E-state index in [1.807, 2.05) is 0 Å². The summed E-state index contributed by atoms with van der Waals surface area (Å²) in [6.45, 7) is 0.204. The molecule has 2 aliphatic heterocycles. The highest BCUT2D eigenvalue weighted by molar-refractivity contribution is 7.92. The van der Waals surface area contributed by atoms with Gasteiger partial charge in [-0.2, -0.15) is 4.98 Å². The molecule has 43 heavy (non-hydrogen) atoms. The molecule has 3 aromatic rings. The number of fused-ring (bicyclic) bond motifs is 6. The average Bonchev–Trinajstić information content (AvgIpc) is 3.25. The first-order chi connectivity index (χ1) is 20.6. The Morgan fingerprint density at radius 3 is 2.63 bits per heavy atom. The molecule has 224 valence electrons. The number of benzene rings is 1. The molecule has 4 bridgehead atoms. The number of pyridine rings is 2. The summed E-state index contributed by atoms with van der Waals surface area (Å²) in [5.74, 6) is -1.46. The summed E-state index contributed by atoms with van der Waals surface area (Å²) in [6.07, 6.45) is 4.99. The van der Waals surface area contributed by atoms with Crippen molar-refractivity contribution in [2.75, 3.05) is 37.9 Å². The van der Waals surface area contributed by atoms with Gasteiger partial charge in [0.1, 0.15) is 29.0 Å². The van der Waals surface area contributed by atoms with Crippen molar-refractivity contribution in [1.82, 2.24) is 20.2 Å².